The third-order valence-electron chi connectivity index (χ3n) is 6.72. The van der Waals surface area contributed by atoms with Gasteiger partial charge in [0.2, 0.25) is 5.91 Å². The quantitative estimate of drug-likeness (QED) is 0.360. The van der Waals surface area contributed by atoms with E-state index >= 15 is 0 Å². The van der Waals surface area contributed by atoms with Crippen molar-refractivity contribution >= 4 is 36.0 Å². The molecule has 5 N–H and O–H groups in total. The van der Waals surface area contributed by atoms with Crippen LogP contribution in [0.5, 0.6) is 0 Å². The Labute approximate surface area is 180 Å². The van der Waals surface area contributed by atoms with E-state index < -0.39 is 24.1 Å². The molecule has 1 amide bonds. The lowest BCUT2D eigenvalue weighted by Crippen LogP contribution is -2.63. The number of aliphatic hydroxyl groups excluding tert-OH is 2. The highest BCUT2D eigenvalue weighted by atomic mass is 35.5. The minimum atomic E-state index is -1.09. The van der Waals surface area contributed by atoms with Crippen LogP contribution in [0, 0.1) is 17.8 Å². The summed E-state index contributed by atoms with van der Waals surface area (Å²) in [5, 5.41) is 37.2. The van der Waals surface area contributed by atoms with Crippen LogP contribution in [0.25, 0.3) is 0 Å². The standard InChI is InChI=1S/C19H29N3O5S.ClH/c1-8-14-13(9(2)23)18(25)22(14)15(19(26)27)17(8)28-11-5-12(21-7-11)16(24)10-3-4-20-6-10;/h8-14,16,20-21,23-24H,3-7H2,1-2H3,(H,26,27);1H/t8-,9-,10?,11+,12+,13-,14-,16?;/m1./s1. The number of hydrogen-bond donors (Lipinski definition) is 5. The van der Waals surface area contributed by atoms with Crippen LogP contribution in [-0.2, 0) is 9.59 Å². The van der Waals surface area contributed by atoms with Crippen LogP contribution in [-0.4, -0.2) is 81.3 Å². The summed E-state index contributed by atoms with van der Waals surface area (Å²) < 4.78 is 0. The number of thioether (sulfide) groups is 1. The summed E-state index contributed by atoms with van der Waals surface area (Å²) in [7, 11) is 0. The number of carbonyl (C=O) groups excluding carboxylic acids is 1. The molecule has 8 atom stereocenters. The van der Waals surface area contributed by atoms with Gasteiger partial charge in [-0.25, -0.2) is 4.79 Å². The van der Waals surface area contributed by atoms with Crippen LogP contribution in [0.4, 0.5) is 0 Å². The van der Waals surface area contributed by atoms with Gasteiger partial charge in [-0.1, -0.05) is 6.92 Å². The van der Waals surface area contributed by atoms with Gasteiger partial charge in [0, 0.05) is 41.1 Å². The largest absolute Gasteiger partial charge is 0.477 e. The summed E-state index contributed by atoms with van der Waals surface area (Å²) in [6.45, 7) is 6.00. The molecule has 2 unspecified atom stereocenters. The summed E-state index contributed by atoms with van der Waals surface area (Å²) in [5.74, 6) is -1.78. The highest BCUT2D eigenvalue weighted by molar-refractivity contribution is 8.03. The first kappa shape index (κ1) is 22.8. The Morgan fingerprint density at radius 3 is 2.62 bits per heavy atom. The van der Waals surface area contributed by atoms with E-state index in [1.54, 1.807) is 6.92 Å². The highest BCUT2D eigenvalue weighted by Crippen LogP contribution is 2.51. The molecule has 10 heteroatoms. The molecule has 4 rings (SSSR count). The van der Waals surface area contributed by atoms with Gasteiger partial charge in [0.1, 0.15) is 5.70 Å². The van der Waals surface area contributed by atoms with E-state index in [-0.39, 0.29) is 53.2 Å². The van der Waals surface area contributed by atoms with E-state index in [1.807, 2.05) is 6.92 Å². The van der Waals surface area contributed by atoms with Crippen LogP contribution in [0.3, 0.4) is 0 Å². The van der Waals surface area contributed by atoms with Gasteiger partial charge in [-0.05, 0) is 26.3 Å². The summed E-state index contributed by atoms with van der Waals surface area (Å²) in [4.78, 5) is 26.4. The van der Waals surface area contributed by atoms with E-state index in [1.165, 1.54) is 16.7 Å². The molecule has 4 aliphatic heterocycles. The maximum atomic E-state index is 12.4. The number of carbonyl (C=O) groups is 2. The van der Waals surface area contributed by atoms with Crippen molar-refractivity contribution in [1.82, 2.24) is 15.5 Å². The van der Waals surface area contributed by atoms with E-state index in [4.69, 9.17) is 0 Å². The Bertz CT molecular complexity index is 699. The van der Waals surface area contributed by atoms with Crippen molar-refractivity contribution in [2.24, 2.45) is 17.8 Å². The first-order valence-corrected chi connectivity index (χ1v) is 11.0. The van der Waals surface area contributed by atoms with E-state index in [0.29, 0.717) is 6.54 Å². The Morgan fingerprint density at radius 2 is 2.03 bits per heavy atom. The maximum absolute atomic E-state index is 12.4. The lowest BCUT2D eigenvalue weighted by molar-refractivity contribution is -0.163. The van der Waals surface area contributed by atoms with Gasteiger partial charge in [0.25, 0.3) is 0 Å². The zero-order valence-electron chi connectivity index (χ0n) is 16.6. The number of halogens is 1. The average Bonchev–Trinajstić information content (AvgIpc) is 3.35. The second kappa shape index (κ2) is 8.72. The summed E-state index contributed by atoms with van der Waals surface area (Å²) in [6, 6.07) is -0.265. The fourth-order valence-corrected chi connectivity index (χ4v) is 6.73. The zero-order valence-corrected chi connectivity index (χ0v) is 18.2. The van der Waals surface area contributed by atoms with Gasteiger partial charge in [0.15, 0.2) is 0 Å². The van der Waals surface area contributed by atoms with Crippen molar-refractivity contribution in [3.8, 4) is 0 Å². The van der Waals surface area contributed by atoms with Crippen molar-refractivity contribution in [1.29, 1.82) is 0 Å². The molecule has 0 aliphatic carbocycles. The van der Waals surface area contributed by atoms with Crippen LogP contribution >= 0.6 is 24.2 Å². The number of amides is 1. The Hall–Kier alpha value is -0.840. The van der Waals surface area contributed by atoms with Crippen LogP contribution in [0.15, 0.2) is 10.6 Å². The predicted molar refractivity (Wildman–Crippen MR) is 112 cm³/mol. The SMILES string of the molecule is C[C@@H](O)[C@H]1C(=O)N2C(C(=O)O)=C(S[C@@H]3CN[C@H](C(O)C4CCNC4)C3)[C@H](C)[C@H]12.Cl. The van der Waals surface area contributed by atoms with Crippen molar-refractivity contribution < 1.29 is 24.9 Å². The zero-order chi connectivity index (χ0) is 20.2. The first-order chi connectivity index (χ1) is 13.3. The van der Waals surface area contributed by atoms with Gasteiger partial charge in [-0.3, -0.25) is 4.79 Å². The predicted octanol–water partition coefficient (Wildman–Crippen LogP) is -0.00400. The Morgan fingerprint density at radius 1 is 1.31 bits per heavy atom. The average molecular weight is 448 g/mol. The second-order valence-electron chi connectivity index (χ2n) is 8.51. The number of carboxylic acids is 1. The molecule has 0 aromatic heterocycles. The van der Waals surface area contributed by atoms with Crippen molar-refractivity contribution in [2.75, 3.05) is 19.6 Å². The molecule has 0 aromatic carbocycles. The van der Waals surface area contributed by atoms with E-state index in [2.05, 4.69) is 10.6 Å². The normalized spacial score (nSPS) is 38.5. The number of nitrogens with one attached hydrogen (secondary N) is 2. The lowest BCUT2D eigenvalue weighted by Gasteiger charge is -2.46. The van der Waals surface area contributed by atoms with Gasteiger partial charge in [0.05, 0.1) is 24.2 Å². The fraction of sp³-hybridized carbons (Fsp3) is 0.789. The van der Waals surface area contributed by atoms with Gasteiger partial charge < -0.3 is 30.9 Å². The highest BCUT2D eigenvalue weighted by Gasteiger charge is 2.60. The number of hydrogen-bond acceptors (Lipinski definition) is 7. The molecule has 4 aliphatic rings. The monoisotopic (exact) mass is 447 g/mol. The number of carboxylic acid groups (broad SMARTS) is 1. The molecule has 29 heavy (non-hydrogen) atoms. The number of nitrogens with zero attached hydrogens (tertiary/aromatic N) is 1. The number of rotatable bonds is 6. The van der Waals surface area contributed by atoms with Crippen molar-refractivity contribution in [3.05, 3.63) is 10.6 Å². The molecular formula is C19H30ClN3O5S. The molecular weight excluding hydrogens is 418 g/mol. The van der Waals surface area contributed by atoms with Crippen molar-refractivity contribution in [3.63, 3.8) is 0 Å². The van der Waals surface area contributed by atoms with Crippen LogP contribution < -0.4 is 10.6 Å². The minimum Gasteiger partial charge on any atom is -0.477 e. The topological polar surface area (TPSA) is 122 Å². The van der Waals surface area contributed by atoms with Crippen molar-refractivity contribution in [2.45, 2.75) is 56.2 Å². The number of β-lactam (4-membered cyclic amide) rings is 1. The summed E-state index contributed by atoms with van der Waals surface area (Å²) >= 11 is 1.52. The van der Waals surface area contributed by atoms with Gasteiger partial charge in [-0.15, -0.1) is 24.2 Å². The molecule has 4 heterocycles. The molecule has 0 bridgehead atoms. The van der Waals surface area contributed by atoms with Crippen LogP contribution in [0.2, 0.25) is 0 Å². The summed E-state index contributed by atoms with van der Waals surface area (Å²) in [6.07, 6.45) is 0.547. The fourth-order valence-electron chi connectivity index (χ4n) is 5.24. The molecule has 3 fully saturated rings. The maximum Gasteiger partial charge on any atom is 0.353 e. The second-order valence-corrected chi connectivity index (χ2v) is 9.85. The lowest BCUT2D eigenvalue weighted by atomic mass is 9.79. The third kappa shape index (κ3) is 3.81. The molecule has 0 spiro atoms. The van der Waals surface area contributed by atoms with Gasteiger partial charge in [-0.2, -0.15) is 0 Å². The number of aliphatic carboxylic acids is 1. The van der Waals surface area contributed by atoms with Crippen LogP contribution in [0.1, 0.15) is 26.7 Å². The molecule has 0 aromatic rings. The number of fused-ring (bicyclic) bond motifs is 1. The smallest absolute Gasteiger partial charge is 0.353 e. The first-order valence-electron chi connectivity index (χ1n) is 10.1. The Balaban J connectivity index is 0.00000240. The molecule has 8 nitrogen and oxygen atoms in total. The minimum absolute atomic E-state index is 0. The molecule has 3 saturated heterocycles. The molecule has 0 saturated carbocycles. The van der Waals surface area contributed by atoms with E-state index in [0.717, 1.165) is 30.8 Å². The third-order valence-corrected chi connectivity index (χ3v) is 8.23. The summed E-state index contributed by atoms with van der Waals surface area (Å²) in [5.41, 5.74) is 0.0772. The number of aliphatic hydroxyl groups is 2. The molecule has 0 radical (unpaired) electrons. The van der Waals surface area contributed by atoms with Gasteiger partial charge >= 0.3 is 5.97 Å². The van der Waals surface area contributed by atoms with E-state index in [9.17, 15) is 24.9 Å². The molecule has 164 valence electrons. The Kier molecular flexibility index (Phi) is 6.87.